The van der Waals surface area contributed by atoms with E-state index < -0.39 is 0 Å². The third-order valence-corrected chi connectivity index (χ3v) is 5.77. The molecule has 0 saturated carbocycles. The van der Waals surface area contributed by atoms with Gasteiger partial charge in [-0.05, 0) is 19.3 Å². The van der Waals surface area contributed by atoms with Crippen LogP contribution >= 0.6 is 0 Å². The lowest BCUT2D eigenvalue weighted by Crippen LogP contribution is -2.48. The van der Waals surface area contributed by atoms with Crippen LogP contribution in [-0.4, -0.2) is 84.6 Å². The van der Waals surface area contributed by atoms with Crippen molar-refractivity contribution in [3.63, 3.8) is 0 Å². The molecular weight excluding hydrogens is 334 g/mol. The highest BCUT2D eigenvalue weighted by Gasteiger charge is 2.47. The first-order valence-electron chi connectivity index (χ1n) is 9.29. The number of piperidine rings is 1. The molecule has 26 heavy (non-hydrogen) atoms. The van der Waals surface area contributed by atoms with Crippen LogP contribution < -0.4 is 4.90 Å². The van der Waals surface area contributed by atoms with Crippen molar-refractivity contribution in [3.05, 3.63) is 18.1 Å². The van der Waals surface area contributed by atoms with E-state index in [0.29, 0.717) is 44.4 Å². The van der Waals surface area contributed by atoms with Gasteiger partial charge in [-0.2, -0.15) is 0 Å². The first-order valence-corrected chi connectivity index (χ1v) is 9.29. The highest BCUT2D eigenvalue weighted by Crippen LogP contribution is 2.40. The molecule has 0 radical (unpaired) electrons. The molecule has 1 unspecified atom stereocenters. The molecule has 4 rings (SSSR count). The summed E-state index contributed by atoms with van der Waals surface area (Å²) in [5.41, 5.74) is 0.0521. The van der Waals surface area contributed by atoms with Gasteiger partial charge < -0.3 is 19.4 Å². The Kier molecular flexibility index (Phi) is 4.52. The molecule has 4 heterocycles. The van der Waals surface area contributed by atoms with Crippen molar-refractivity contribution in [2.45, 2.75) is 19.3 Å². The fourth-order valence-electron chi connectivity index (χ4n) is 4.25. The van der Waals surface area contributed by atoms with Gasteiger partial charge in [0.05, 0.1) is 31.0 Å². The van der Waals surface area contributed by atoms with Crippen LogP contribution in [0.25, 0.3) is 0 Å². The second-order valence-electron chi connectivity index (χ2n) is 7.45. The van der Waals surface area contributed by atoms with Gasteiger partial charge in [0.15, 0.2) is 0 Å². The van der Waals surface area contributed by atoms with Gasteiger partial charge in [-0.1, -0.05) is 0 Å². The number of rotatable bonds is 2. The van der Waals surface area contributed by atoms with Gasteiger partial charge in [-0.15, -0.1) is 0 Å². The highest BCUT2D eigenvalue weighted by molar-refractivity contribution is 5.92. The van der Waals surface area contributed by atoms with E-state index in [9.17, 15) is 9.59 Å². The van der Waals surface area contributed by atoms with Crippen LogP contribution in [0.2, 0.25) is 0 Å². The summed E-state index contributed by atoms with van der Waals surface area (Å²) in [4.78, 5) is 39.8. The van der Waals surface area contributed by atoms with E-state index >= 15 is 0 Å². The first kappa shape index (κ1) is 17.2. The number of amides is 2. The van der Waals surface area contributed by atoms with Crippen LogP contribution in [0.3, 0.4) is 0 Å². The smallest absolute Gasteiger partial charge is 0.274 e. The van der Waals surface area contributed by atoms with Gasteiger partial charge in [0, 0.05) is 39.8 Å². The molecule has 0 N–H and O–H groups in total. The lowest BCUT2D eigenvalue weighted by molar-refractivity contribution is -0.143. The van der Waals surface area contributed by atoms with Crippen LogP contribution in [-0.2, 0) is 9.53 Å². The first-order chi connectivity index (χ1) is 12.6. The standard InChI is InChI=1S/C18H25N5O3/c1-21-5-2-3-18(17(21)25)4-6-23(13-18)15-12-19-11-14(20-15)16(24)22-7-9-26-10-8-22/h11-12H,2-10,13H2,1H3. The molecule has 3 aliphatic rings. The summed E-state index contributed by atoms with van der Waals surface area (Å²) in [5.74, 6) is 0.812. The fraction of sp³-hybridized carbons (Fsp3) is 0.667. The Morgan fingerprint density at radius 1 is 1.15 bits per heavy atom. The van der Waals surface area contributed by atoms with Gasteiger partial charge in [0.2, 0.25) is 5.91 Å². The molecule has 1 atom stereocenters. The van der Waals surface area contributed by atoms with Gasteiger partial charge in [0.25, 0.3) is 5.91 Å². The molecule has 3 aliphatic heterocycles. The van der Waals surface area contributed by atoms with E-state index in [-0.39, 0.29) is 17.2 Å². The van der Waals surface area contributed by atoms with Crippen molar-refractivity contribution in [1.29, 1.82) is 0 Å². The maximum absolute atomic E-state index is 12.7. The molecular formula is C18H25N5O3. The Hall–Kier alpha value is -2.22. The number of carbonyl (C=O) groups is 2. The van der Waals surface area contributed by atoms with E-state index in [4.69, 9.17) is 4.74 Å². The molecule has 3 fully saturated rings. The molecule has 8 nitrogen and oxygen atoms in total. The summed E-state index contributed by atoms with van der Waals surface area (Å²) < 4.78 is 5.30. The monoisotopic (exact) mass is 359 g/mol. The van der Waals surface area contributed by atoms with Crippen LogP contribution in [0, 0.1) is 5.41 Å². The topological polar surface area (TPSA) is 78.9 Å². The van der Waals surface area contributed by atoms with Gasteiger partial charge in [-0.25, -0.2) is 4.98 Å². The minimum atomic E-state index is -0.307. The third-order valence-electron chi connectivity index (χ3n) is 5.77. The van der Waals surface area contributed by atoms with Crippen molar-refractivity contribution in [2.75, 3.05) is 57.9 Å². The maximum Gasteiger partial charge on any atom is 0.274 e. The molecule has 8 heteroatoms. The zero-order valence-electron chi connectivity index (χ0n) is 15.2. The van der Waals surface area contributed by atoms with Crippen LogP contribution in [0.1, 0.15) is 29.8 Å². The van der Waals surface area contributed by atoms with Crippen LogP contribution in [0.5, 0.6) is 0 Å². The average Bonchev–Trinajstić information content (AvgIpc) is 3.11. The second-order valence-corrected chi connectivity index (χ2v) is 7.45. The molecule has 0 bridgehead atoms. The van der Waals surface area contributed by atoms with E-state index in [2.05, 4.69) is 14.9 Å². The van der Waals surface area contributed by atoms with E-state index in [1.54, 1.807) is 11.1 Å². The van der Waals surface area contributed by atoms with E-state index in [1.165, 1.54) is 6.20 Å². The van der Waals surface area contributed by atoms with Crippen molar-refractivity contribution < 1.29 is 14.3 Å². The molecule has 3 saturated heterocycles. The van der Waals surface area contributed by atoms with Gasteiger partial charge >= 0.3 is 0 Å². The van der Waals surface area contributed by atoms with Gasteiger partial charge in [0.1, 0.15) is 11.5 Å². The van der Waals surface area contributed by atoms with E-state index in [0.717, 1.165) is 32.4 Å². The number of aromatic nitrogens is 2. The Morgan fingerprint density at radius 2 is 1.96 bits per heavy atom. The number of ether oxygens (including phenoxy) is 1. The summed E-state index contributed by atoms with van der Waals surface area (Å²) in [5, 5.41) is 0. The third kappa shape index (κ3) is 3.02. The molecule has 140 valence electrons. The van der Waals surface area contributed by atoms with Gasteiger partial charge in [-0.3, -0.25) is 14.6 Å². The Labute approximate surface area is 153 Å². The zero-order valence-corrected chi connectivity index (χ0v) is 15.2. The second kappa shape index (κ2) is 6.83. The van der Waals surface area contributed by atoms with Crippen molar-refractivity contribution in [3.8, 4) is 0 Å². The minimum Gasteiger partial charge on any atom is -0.378 e. The fourth-order valence-corrected chi connectivity index (χ4v) is 4.25. The highest BCUT2D eigenvalue weighted by atomic mass is 16.5. The van der Waals surface area contributed by atoms with Crippen molar-refractivity contribution in [1.82, 2.24) is 19.8 Å². The Bertz CT molecular complexity index is 706. The lowest BCUT2D eigenvalue weighted by Gasteiger charge is -2.37. The lowest BCUT2D eigenvalue weighted by atomic mass is 9.78. The van der Waals surface area contributed by atoms with Crippen LogP contribution in [0.4, 0.5) is 5.82 Å². The zero-order chi connectivity index (χ0) is 18.1. The predicted molar refractivity (Wildman–Crippen MR) is 94.9 cm³/mol. The molecule has 0 aliphatic carbocycles. The molecule has 1 spiro atoms. The number of morpholine rings is 1. The number of carbonyl (C=O) groups excluding carboxylic acids is 2. The number of likely N-dealkylation sites (tertiary alicyclic amines) is 1. The quantitative estimate of drug-likeness (QED) is 0.760. The molecule has 1 aromatic heterocycles. The SMILES string of the molecule is CN1CCCC2(CCN(c3cncc(C(=O)N4CCOCC4)n3)C2)C1=O. The largest absolute Gasteiger partial charge is 0.378 e. The maximum atomic E-state index is 12.7. The van der Waals surface area contributed by atoms with Crippen molar-refractivity contribution >= 4 is 17.6 Å². The summed E-state index contributed by atoms with van der Waals surface area (Å²) in [6.45, 7) is 4.54. The van der Waals surface area contributed by atoms with E-state index in [1.807, 2.05) is 11.9 Å². The summed E-state index contributed by atoms with van der Waals surface area (Å²) >= 11 is 0. The number of anilines is 1. The summed E-state index contributed by atoms with van der Waals surface area (Å²) in [6.07, 6.45) is 6.00. The van der Waals surface area contributed by atoms with Crippen LogP contribution in [0.15, 0.2) is 12.4 Å². The number of nitrogens with zero attached hydrogens (tertiary/aromatic N) is 5. The summed E-state index contributed by atoms with van der Waals surface area (Å²) in [6, 6.07) is 0. The Morgan fingerprint density at radius 3 is 2.77 bits per heavy atom. The number of hydrogen-bond donors (Lipinski definition) is 0. The average molecular weight is 359 g/mol. The number of hydrogen-bond acceptors (Lipinski definition) is 6. The normalized spacial score (nSPS) is 26.7. The summed E-state index contributed by atoms with van der Waals surface area (Å²) in [7, 11) is 1.88. The molecule has 2 amide bonds. The minimum absolute atomic E-state index is 0.106. The van der Waals surface area contributed by atoms with Crippen molar-refractivity contribution in [2.24, 2.45) is 5.41 Å². The predicted octanol–water partition coefficient (Wildman–Crippen LogP) is 0.398. The molecule has 1 aromatic rings. The molecule has 0 aromatic carbocycles. The Balaban J connectivity index is 1.50.